The van der Waals surface area contributed by atoms with Gasteiger partial charge in [-0.2, -0.15) is 5.26 Å². The number of carbonyl (C=O) groups excluding carboxylic acids is 2. The molecule has 204 valence electrons. The smallest absolute Gasteiger partial charge is 0.319 e. The molecular formula is C28H39BrN2O6. The van der Waals surface area contributed by atoms with Crippen LogP contribution in [0.4, 0.5) is 0 Å². The maximum absolute atomic E-state index is 11.6. The fraction of sp³-hybridized carbons (Fsp3) is 0.464. The zero-order valence-electron chi connectivity index (χ0n) is 22.5. The molecule has 0 saturated carbocycles. The first-order valence-electron chi connectivity index (χ1n) is 12.0. The van der Waals surface area contributed by atoms with Crippen molar-refractivity contribution in [2.75, 3.05) is 27.4 Å². The van der Waals surface area contributed by atoms with Crippen molar-refractivity contribution in [3.63, 3.8) is 0 Å². The van der Waals surface area contributed by atoms with Crippen LogP contribution in [-0.2, 0) is 31.9 Å². The highest BCUT2D eigenvalue weighted by atomic mass is 79.9. The lowest BCUT2D eigenvalue weighted by molar-refractivity contribution is -0.148. The van der Waals surface area contributed by atoms with Crippen molar-refractivity contribution in [2.24, 2.45) is 11.7 Å². The minimum Gasteiger partial charge on any atom is -0.496 e. The molecule has 2 aromatic rings. The molecule has 0 spiro atoms. The number of ether oxygens (including phenoxy) is 4. The fourth-order valence-electron chi connectivity index (χ4n) is 2.94. The van der Waals surface area contributed by atoms with E-state index < -0.39 is 0 Å². The Hall–Kier alpha value is -3.09. The van der Waals surface area contributed by atoms with Gasteiger partial charge in [-0.3, -0.25) is 9.59 Å². The van der Waals surface area contributed by atoms with Crippen molar-refractivity contribution in [1.29, 1.82) is 5.26 Å². The van der Waals surface area contributed by atoms with Crippen LogP contribution >= 0.6 is 15.9 Å². The van der Waals surface area contributed by atoms with Crippen LogP contribution in [-0.4, -0.2) is 50.2 Å². The van der Waals surface area contributed by atoms with Crippen molar-refractivity contribution >= 4 is 27.9 Å². The summed E-state index contributed by atoms with van der Waals surface area (Å²) in [6.07, 6.45) is 0.994. The van der Waals surface area contributed by atoms with Gasteiger partial charge in [0.05, 0.1) is 45.8 Å². The van der Waals surface area contributed by atoms with Crippen molar-refractivity contribution in [1.82, 2.24) is 0 Å². The third kappa shape index (κ3) is 13.7. The number of rotatable bonds is 10. The SMILES string of the molecule is CCOC(=O)C(C)Br.CCOC(=O)C(C)C(N)Cc1ccccc1OC.COc1ccccc1CC#N. The topological polar surface area (TPSA) is 121 Å². The van der Waals surface area contributed by atoms with E-state index in [1.807, 2.05) is 48.5 Å². The quantitative estimate of drug-likeness (QED) is 0.313. The molecule has 8 nitrogen and oxygen atoms in total. The van der Waals surface area contributed by atoms with E-state index in [0.717, 1.165) is 22.6 Å². The molecule has 0 aliphatic carbocycles. The monoisotopic (exact) mass is 578 g/mol. The lowest BCUT2D eigenvalue weighted by Gasteiger charge is -2.19. The minimum absolute atomic E-state index is 0.178. The summed E-state index contributed by atoms with van der Waals surface area (Å²) >= 11 is 3.07. The van der Waals surface area contributed by atoms with E-state index in [0.29, 0.717) is 26.1 Å². The number of methoxy groups -OCH3 is 2. The van der Waals surface area contributed by atoms with Crippen LogP contribution in [0.5, 0.6) is 11.5 Å². The Morgan fingerprint density at radius 2 is 1.35 bits per heavy atom. The number of benzene rings is 2. The number of carbonyl (C=O) groups is 2. The molecule has 0 saturated heterocycles. The third-order valence-electron chi connectivity index (χ3n) is 5.02. The lowest BCUT2D eigenvalue weighted by atomic mass is 9.95. The van der Waals surface area contributed by atoms with E-state index in [2.05, 4.69) is 26.7 Å². The van der Waals surface area contributed by atoms with E-state index in [1.54, 1.807) is 41.9 Å². The Bertz CT molecular complexity index is 977. The Labute approximate surface area is 229 Å². The summed E-state index contributed by atoms with van der Waals surface area (Å²) < 4.78 is 19.9. The van der Waals surface area contributed by atoms with Crippen LogP contribution in [0.15, 0.2) is 48.5 Å². The van der Waals surface area contributed by atoms with Crippen LogP contribution in [0.25, 0.3) is 0 Å². The van der Waals surface area contributed by atoms with E-state index in [9.17, 15) is 9.59 Å². The molecule has 0 aliphatic heterocycles. The maximum atomic E-state index is 11.6. The number of hydrogen-bond acceptors (Lipinski definition) is 8. The summed E-state index contributed by atoms with van der Waals surface area (Å²) in [7, 11) is 3.23. The second-order valence-electron chi connectivity index (χ2n) is 7.74. The molecule has 2 N–H and O–H groups in total. The fourth-order valence-corrected chi connectivity index (χ4v) is 3.07. The molecule has 0 fully saturated rings. The summed E-state index contributed by atoms with van der Waals surface area (Å²) in [6.45, 7) is 7.93. The number of nitriles is 1. The number of hydrogen-bond donors (Lipinski definition) is 1. The average molecular weight is 580 g/mol. The number of esters is 2. The number of halogens is 1. The zero-order valence-corrected chi connectivity index (χ0v) is 24.1. The largest absolute Gasteiger partial charge is 0.496 e. The lowest BCUT2D eigenvalue weighted by Crippen LogP contribution is -2.36. The first kappa shape index (κ1) is 33.9. The van der Waals surface area contributed by atoms with Crippen molar-refractivity contribution in [3.05, 3.63) is 59.7 Å². The van der Waals surface area contributed by atoms with Crippen molar-refractivity contribution in [3.8, 4) is 17.6 Å². The van der Waals surface area contributed by atoms with Crippen molar-refractivity contribution < 1.29 is 28.5 Å². The van der Waals surface area contributed by atoms with Gasteiger partial charge >= 0.3 is 11.9 Å². The van der Waals surface area contributed by atoms with Crippen LogP contribution in [0.3, 0.4) is 0 Å². The molecule has 0 radical (unpaired) electrons. The molecule has 2 aromatic carbocycles. The number of nitrogens with zero attached hydrogens (tertiary/aromatic N) is 1. The highest BCUT2D eigenvalue weighted by Gasteiger charge is 2.23. The summed E-state index contributed by atoms with van der Waals surface area (Å²) in [5, 5.41) is 8.43. The van der Waals surface area contributed by atoms with Gasteiger partial charge in [0.25, 0.3) is 0 Å². The summed E-state index contributed by atoms with van der Waals surface area (Å²) in [6, 6.07) is 17.0. The van der Waals surface area contributed by atoms with Crippen molar-refractivity contribution in [2.45, 2.75) is 51.4 Å². The Balaban J connectivity index is 0.000000580. The predicted molar refractivity (Wildman–Crippen MR) is 148 cm³/mol. The molecular weight excluding hydrogens is 540 g/mol. The van der Waals surface area contributed by atoms with Gasteiger partial charge in [-0.1, -0.05) is 59.3 Å². The van der Waals surface area contributed by atoms with Gasteiger partial charge in [0.1, 0.15) is 16.3 Å². The van der Waals surface area contributed by atoms with Gasteiger partial charge in [0.2, 0.25) is 0 Å². The van der Waals surface area contributed by atoms with E-state index in [4.69, 9.17) is 25.2 Å². The zero-order chi connectivity index (χ0) is 28.2. The predicted octanol–water partition coefficient (Wildman–Crippen LogP) is 4.86. The number of nitrogens with two attached hydrogens (primary N) is 1. The van der Waals surface area contributed by atoms with Crippen LogP contribution in [0.1, 0.15) is 38.8 Å². The molecule has 0 bridgehead atoms. The molecule has 0 heterocycles. The van der Waals surface area contributed by atoms with Gasteiger partial charge in [-0.05, 0) is 44.9 Å². The van der Waals surface area contributed by atoms with Gasteiger partial charge < -0.3 is 24.7 Å². The van der Waals surface area contributed by atoms with Crippen LogP contribution in [0, 0.1) is 17.2 Å². The molecule has 0 amide bonds. The van der Waals surface area contributed by atoms with E-state index in [1.165, 1.54) is 0 Å². The number of para-hydroxylation sites is 2. The maximum Gasteiger partial charge on any atom is 0.319 e. The molecule has 0 aliphatic rings. The minimum atomic E-state index is -0.324. The normalized spacial score (nSPS) is 12.1. The number of alkyl halides is 1. The Morgan fingerprint density at radius 3 is 1.78 bits per heavy atom. The highest BCUT2D eigenvalue weighted by molar-refractivity contribution is 9.10. The summed E-state index contributed by atoms with van der Waals surface area (Å²) in [5.74, 6) is 0.806. The van der Waals surface area contributed by atoms with E-state index in [-0.39, 0.29) is 28.7 Å². The van der Waals surface area contributed by atoms with Gasteiger partial charge in [0, 0.05) is 11.6 Å². The van der Waals surface area contributed by atoms with Gasteiger partial charge in [0.15, 0.2) is 0 Å². The first-order chi connectivity index (χ1) is 17.7. The second-order valence-corrected chi connectivity index (χ2v) is 9.11. The average Bonchev–Trinajstić information content (AvgIpc) is 2.90. The van der Waals surface area contributed by atoms with Crippen LogP contribution < -0.4 is 15.2 Å². The molecule has 2 rings (SSSR count). The molecule has 9 heteroatoms. The third-order valence-corrected chi connectivity index (χ3v) is 5.40. The summed E-state index contributed by atoms with van der Waals surface area (Å²) in [4.78, 5) is 21.9. The standard InChI is InChI=1S/C14H21NO3.C9H9NO.C5H9BrO2/c1-4-18-14(16)10(2)12(15)9-11-7-5-6-8-13(11)17-3;1-11-9-5-3-2-4-8(9)6-7-10;1-3-8-5(7)4(2)6/h5-8,10,12H,4,9,15H2,1-3H3;2-5H,6H2,1H3;4H,3H2,1-2H3. The first-order valence-corrected chi connectivity index (χ1v) is 12.9. The molecule has 3 atom stereocenters. The molecule has 0 aromatic heterocycles. The van der Waals surface area contributed by atoms with E-state index >= 15 is 0 Å². The Morgan fingerprint density at radius 1 is 0.892 bits per heavy atom. The van der Waals surface area contributed by atoms with Gasteiger partial charge in [-0.25, -0.2) is 0 Å². The Kier molecular flexibility index (Phi) is 18.4. The highest BCUT2D eigenvalue weighted by Crippen LogP contribution is 2.20. The van der Waals surface area contributed by atoms with Gasteiger partial charge in [-0.15, -0.1) is 0 Å². The molecule has 37 heavy (non-hydrogen) atoms. The summed E-state index contributed by atoms with van der Waals surface area (Å²) in [5.41, 5.74) is 7.99. The second kappa shape index (κ2) is 20.0. The molecule has 3 unspecified atom stereocenters. The van der Waals surface area contributed by atoms with Crippen LogP contribution in [0.2, 0.25) is 0 Å².